The summed E-state index contributed by atoms with van der Waals surface area (Å²) in [5.74, 6) is 0.526. The van der Waals surface area contributed by atoms with E-state index in [1.165, 1.54) is 18.7 Å². The predicted molar refractivity (Wildman–Crippen MR) is 72.3 cm³/mol. The minimum absolute atomic E-state index is 0.124. The summed E-state index contributed by atoms with van der Waals surface area (Å²) >= 11 is 0. The number of furan rings is 1. The molecule has 3 unspecified atom stereocenters. The van der Waals surface area contributed by atoms with Crippen LogP contribution in [0.25, 0.3) is 0 Å². The van der Waals surface area contributed by atoms with Crippen LogP contribution >= 0.6 is 0 Å². The molecule has 1 fully saturated rings. The number of methoxy groups -OCH3 is 1. The van der Waals surface area contributed by atoms with E-state index in [1.54, 1.807) is 6.07 Å². The van der Waals surface area contributed by atoms with Gasteiger partial charge in [-0.15, -0.1) is 0 Å². The molecule has 1 aromatic heterocycles. The first-order valence-corrected chi connectivity index (χ1v) is 6.61. The molecule has 0 bridgehead atoms. The van der Waals surface area contributed by atoms with Gasteiger partial charge in [0.25, 0.3) is 0 Å². The van der Waals surface area contributed by atoms with E-state index in [1.807, 2.05) is 18.2 Å². The molecule has 0 amide bonds. The Morgan fingerprint density at radius 1 is 1.30 bits per heavy atom. The lowest BCUT2D eigenvalue weighted by atomic mass is 10.1. The Morgan fingerprint density at radius 3 is 2.75 bits per heavy atom. The van der Waals surface area contributed by atoms with Gasteiger partial charge in [-0.1, -0.05) is 30.3 Å². The van der Waals surface area contributed by atoms with E-state index in [0.29, 0.717) is 11.7 Å². The summed E-state index contributed by atoms with van der Waals surface area (Å²) in [6.45, 7) is 0. The van der Waals surface area contributed by atoms with E-state index in [9.17, 15) is 9.90 Å². The van der Waals surface area contributed by atoms with Gasteiger partial charge in [0, 0.05) is 0 Å². The van der Waals surface area contributed by atoms with Crippen molar-refractivity contribution in [3.63, 3.8) is 0 Å². The lowest BCUT2D eigenvalue weighted by Gasteiger charge is -2.07. The number of ether oxygens (including phenoxy) is 1. The molecule has 4 nitrogen and oxygen atoms in total. The molecular weight excluding hydrogens is 256 g/mol. The van der Waals surface area contributed by atoms with Crippen LogP contribution in [0.1, 0.15) is 40.3 Å². The van der Waals surface area contributed by atoms with Crippen LogP contribution in [0.5, 0.6) is 0 Å². The molecule has 1 saturated carbocycles. The summed E-state index contributed by atoms with van der Waals surface area (Å²) in [7, 11) is 1.30. The first-order valence-electron chi connectivity index (χ1n) is 6.61. The number of aliphatic hydroxyl groups is 1. The first-order chi connectivity index (χ1) is 9.70. The van der Waals surface area contributed by atoms with E-state index in [2.05, 4.69) is 16.9 Å². The molecule has 3 atom stereocenters. The molecule has 3 rings (SSSR count). The molecule has 0 spiro atoms. The molecule has 4 heteroatoms. The van der Waals surface area contributed by atoms with Crippen LogP contribution in [0.15, 0.2) is 46.9 Å². The van der Waals surface area contributed by atoms with Gasteiger partial charge >= 0.3 is 5.97 Å². The molecule has 104 valence electrons. The number of carbonyl (C=O) groups excluding carboxylic acids is 1. The SMILES string of the molecule is COC(=O)c1ccc(C(O)C2CC2c2ccccc2)o1. The monoisotopic (exact) mass is 272 g/mol. The lowest BCUT2D eigenvalue weighted by molar-refractivity contribution is 0.0551. The Labute approximate surface area is 117 Å². The molecule has 1 aliphatic carbocycles. The number of hydrogen-bond acceptors (Lipinski definition) is 4. The van der Waals surface area contributed by atoms with Gasteiger partial charge < -0.3 is 14.3 Å². The average molecular weight is 272 g/mol. The summed E-state index contributed by atoms with van der Waals surface area (Å²) < 4.78 is 9.94. The number of esters is 1. The second-order valence-electron chi connectivity index (χ2n) is 5.06. The van der Waals surface area contributed by atoms with Crippen molar-refractivity contribution in [1.29, 1.82) is 0 Å². The van der Waals surface area contributed by atoms with Crippen LogP contribution in [0.4, 0.5) is 0 Å². The number of benzene rings is 1. The van der Waals surface area contributed by atoms with E-state index in [0.717, 1.165) is 6.42 Å². The molecule has 1 heterocycles. The number of aliphatic hydroxyl groups excluding tert-OH is 1. The van der Waals surface area contributed by atoms with Gasteiger partial charge in [-0.3, -0.25) is 0 Å². The van der Waals surface area contributed by atoms with Crippen LogP contribution in [-0.2, 0) is 4.74 Å². The number of rotatable bonds is 4. The highest BCUT2D eigenvalue weighted by molar-refractivity contribution is 5.86. The zero-order valence-electron chi connectivity index (χ0n) is 11.2. The van der Waals surface area contributed by atoms with Gasteiger partial charge in [0.2, 0.25) is 5.76 Å². The van der Waals surface area contributed by atoms with Crippen LogP contribution in [-0.4, -0.2) is 18.2 Å². The highest BCUT2D eigenvalue weighted by Crippen LogP contribution is 2.54. The predicted octanol–water partition coefficient (Wildman–Crippen LogP) is 2.90. The van der Waals surface area contributed by atoms with Gasteiger partial charge in [-0.2, -0.15) is 0 Å². The van der Waals surface area contributed by atoms with Crippen LogP contribution in [0, 0.1) is 5.92 Å². The third kappa shape index (κ3) is 2.34. The summed E-state index contributed by atoms with van der Waals surface area (Å²) in [4.78, 5) is 11.3. The fourth-order valence-corrected chi connectivity index (χ4v) is 2.58. The molecule has 1 aliphatic rings. The largest absolute Gasteiger partial charge is 0.463 e. The van der Waals surface area contributed by atoms with E-state index in [4.69, 9.17) is 4.42 Å². The fourth-order valence-electron chi connectivity index (χ4n) is 2.58. The fraction of sp³-hybridized carbons (Fsp3) is 0.312. The average Bonchev–Trinajstić information content (AvgIpc) is 3.15. The topological polar surface area (TPSA) is 59.7 Å². The van der Waals surface area contributed by atoms with Gasteiger partial charge in [-0.05, 0) is 36.0 Å². The zero-order chi connectivity index (χ0) is 14.1. The van der Waals surface area contributed by atoms with Crippen LogP contribution in [0.2, 0.25) is 0 Å². The molecule has 1 N–H and O–H groups in total. The smallest absolute Gasteiger partial charge is 0.373 e. The zero-order valence-corrected chi connectivity index (χ0v) is 11.2. The highest BCUT2D eigenvalue weighted by Gasteiger charge is 2.45. The number of hydrogen-bond donors (Lipinski definition) is 1. The molecule has 0 saturated heterocycles. The van der Waals surface area contributed by atoms with Gasteiger partial charge in [0.05, 0.1) is 7.11 Å². The maximum absolute atomic E-state index is 11.3. The highest BCUT2D eigenvalue weighted by atomic mass is 16.5. The van der Waals surface area contributed by atoms with Gasteiger partial charge in [-0.25, -0.2) is 4.79 Å². The van der Waals surface area contributed by atoms with Crippen molar-refractivity contribution in [2.24, 2.45) is 5.92 Å². The maximum Gasteiger partial charge on any atom is 0.373 e. The summed E-state index contributed by atoms with van der Waals surface area (Å²) in [5, 5.41) is 10.3. The quantitative estimate of drug-likeness (QED) is 0.869. The van der Waals surface area contributed by atoms with E-state index in [-0.39, 0.29) is 11.7 Å². The third-order valence-electron chi connectivity index (χ3n) is 3.78. The second-order valence-corrected chi connectivity index (χ2v) is 5.06. The third-order valence-corrected chi connectivity index (χ3v) is 3.78. The first kappa shape index (κ1) is 12.9. The van der Waals surface area contributed by atoms with Gasteiger partial charge in [0.1, 0.15) is 11.9 Å². The van der Waals surface area contributed by atoms with E-state index >= 15 is 0 Å². The van der Waals surface area contributed by atoms with Crippen molar-refractivity contribution in [2.75, 3.05) is 7.11 Å². The second kappa shape index (κ2) is 5.13. The molecule has 20 heavy (non-hydrogen) atoms. The molecule has 2 aromatic rings. The maximum atomic E-state index is 11.3. The van der Waals surface area contributed by atoms with Crippen molar-refractivity contribution >= 4 is 5.97 Å². The van der Waals surface area contributed by atoms with Crippen molar-refractivity contribution in [2.45, 2.75) is 18.4 Å². The minimum Gasteiger partial charge on any atom is -0.463 e. The van der Waals surface area contributed by atoms with Crippen molar-refractivity contribution < 1.29 is 19.1 Å². The molecule has 1 aromatic carbocycles. The Bertz CT molecular complexity index is 602. The summed E-state index contributed by atoms with van der Waals surface area (Å²) in [6.07, 6.45) is 0.248. The number of carbonyl (C=O) groups is 1. The molecular formula is C16H16O4. The lowest BCUT2D eigenvalue weighted by Crippen LogP contribution is -2.01. The Balaban J connectivity index is 1.70. The Morgan fingerprint density at radius 2 is 2.05 bits per heavy atom. The standard InChI is InChI=1S/C16H16O4/c1-19-16(18)14-8-7-13(20-14)15(17)12-9-11(12)10-5-3-2-4-6-10/h2-8,11-12,15,17H,9H2,1H3. The molecule has 0 aliphatic heterocycles. The Kier molecular flexibility index (Phi) is 3.32. The van der Waals surface area contributed by atoms with Gasteiger partial charge in [0.15, 0.2) is 0 Å². The summed E-state index contributed by atoms with van der Waals surface area (Å²) in [6, 6.07) is 13.3. The van der Waals surface area contributed by atoms with Crippen LogP contribution in [0.3, 0.4) is 0 Å². The minimum atomic E-state index is -0.682. The Hall–Kier alpha value is -2.07. The summed E-state index contributed by atoms with van der Waals surface area (Å²) in [5.41, 5.74) is 1.23. The van der Waals surface area contributed by atoms with Crippen molar-refractivity contribution in [3.05, 3.63) is 59.5 Å². The van der Waals surface area contributed by atoms with Crippen molar-refractivity contribution in [1.82, 2.24) is 0 Å². The van der Waals surface area contributed by atoms with Crippen molar-refractivity contribution in [3.8, 4) is 0 Å². The van der Waals surface area contributed by atoms with Crippen LogP contribution < -0.4 is 0 Å². The normalized spacial score (nSPS) is 22.3. The van der Waals surface area contributed by atoms with E-state index < -0.39 is 12.1 Å². The molecule has 0 radical (unpaired) electrons.